The van der Waals surface area contributed by atoms with Crippen molar-refractivity contribution in [1.29, 1.82) is 0 Å². The zero-order valence-corrected chi connectivity index (χ0v) is 11.9. The van der Waals surface area contributed by atoms with Crippen LogP contribution >= 0.6 is 0 Å². The first-order valence-electron chi connectivity index (χ1n) is 6.87. The summed E-state index contributed by atoms with van der Waals surface area (Å²) in [5, 5.41) is 3.40. The molecule has 1 heterocycles. The Kier molecular flexibility index (Phi) is 4.61. The first-order chi connectivity index (χ1) is 8.66. The van der Waals surface area contributed by atoms with Crippen LogP contribution in [0, 0.1) is 6.92 Å². The van der Waals surface area contributed by atoms with Crippen molar-refractivity contribution in [1.82, 2.24) is 10.2 Å². The maximum atomic E-state index is 3.40. The molecule has 1 aliphatic heterocycles. The quantitative estimate of drug-likeness (QED) is 0.870. The molecule has 1 aromatic carbocycles. The van der Waals surface area contributed by atoms with Crippen molar-refractivity contribution in [3.63, 3.8) is 0 Å². The predicted octanol–water partition coefficient (Wildman–Crippen LogP) is 1.51. The van der Waals surface area contributed by atoms with E-state index in [2.05, 4.69) is 54.3 Å². The first kappa shape index (κ1) is 13.4. The molecular weight excluding hydrogens is 222 g/mol. The predicted molar refractivity (Wildman–Crippen MR) is 78.5 cm³/mol. The third-order valence-corrected chi connectivity index (χ3v) is 3.62. The Bertz CT molecular complexity index is 381. The Morgan fingerprint density at radius 1 is 1.22 bits per heavy atom. The van der Waals surface area contributed by atoms with E-state index in [-0.39, 0.29) is 0 Å². The van der Waals surface area contributed by atoms with Crippen molar-refractivity contribution in [3.05, 3.63) is 29.3 Å². The van der Waals surface area contributed by atoms with Gasteiger partial charge in [0.05, 0.1) is 0 Å². The van der Waals surface area contributed by atoms with Crippen LogP contribution in [-0.2, 0) is 6.42 Å². The fourth-order valence-electron chi connectivity index (χ4n) is 2.56. The number of nitrogens with one attached hydrogen (secondary N) is 1. The number of hydrogen-bond acceptors (Lipinski definition) is 3. The fourth-order valence-corrected chi connectivity index (χ4v) is 2.56. The highest BCUT2D eigenvalue weighted by Gasteiger charge is 2.11. The van der Waals surface area contributed by atoms with E-state index < -0.39 is 0 Å². The second-order valence-corrected chi connectivity index (χ2v) is 5.37. The summed E-state index contributed by atoms with van der Waals surface area (Å²) in [5.74, 6) is 0. The molecule has 0 saturated carbocycles. The molecule has 0 aliphatic carbocycles. The van der Waals surface area contributed by atoms with Gasteiger partial charge in [-0.1, -0.05) is 17.7 Å². The van der Waals surface area contributed by atoms with E-state index in [0.717, 1.165) is 19.5 Å². The molecule has 1 N–H and O–H groups in total. The van der Waals surface area contributed by atoms with Crippen molar-refractivity contribution in [3.8, 4) is 0 Å². The highest BCUT2D eigenvalue weighted by Crippen LogP contribution is 2.20. The zero-order chi connectivity index (χ0) is 13.0. The SMILES string of the molecule is Cc1ccc(N(C)C)c(CCN2CCNCC2)c1. The molecule has 1 fully saturated rings. The number of hydrogen-bond donors (Lipinski definition) is 1. The molecular formula is C15H25N3. The van der Waals surface area contributed by atoms with E-state index >= 15 is 0 Å². The molecule has 0 radical (unpaired) electrons. The van der Waals surface area contributed by atoms with Crippen molar-refractivity contribution in [2.24, 2.45) is 0 Å². The molecule has 3 nitrogen and oxygen atoms in total. The molecule has 2 rings (SSSR count). The zero-order valence-electron chi connectivity index (χ0n) is 11.9. The van der Waals surface area contributed by atoms with Gasteiger partial charge in [-0.05, 0) is 25.0 Å². The summed E-state index contributed by atoms with van der Waals surface area (Å²) < 4.78 is 0. The standard InChI is InChI=1S/C15H25N3/c1-13-4-5-15(17(2)3)14(12-13)6-9-18-10-7-16-8-11-18/h4-5,12,16H,6-11H2,1-3H3. The molecule has 0 spiro atoms. The smallest absolute Gasteiger partial charge is 0.0394 e. The largest absolute Gasteiger partial charge is 0.377 e. The number of rotatable bonds is 4. The van der Waals surface area contributed by atoms with Crippen LogP contribution in [0.4, 0.5) is 5.69 Å². The van der Waals surface area contributed by atoms with Crippen LogP contribution < -0.4 is 10.2 Å². The van der Waals surface area contributed by atoms with E-state index in [4.69, 9.17) is 0 Å². The number of nitrogens with zero attached hydrogens (tertiary/aromatic N) is 2. The molecule has 18 heavy (non-hydrogen) atoms. The van der Waals surface area contributed by atoms with Crippen LogP contribution in [0.3, 0.4) is 0 Å². The van der Waals surface area contributed by atoms with Gasteiger partial charge in [0.1, 0.15) is 0 Å². The lowest BCUT2D eigenvalue weighted by Gasteiger charge is -2.28. The third kappa shape index (κ3) is 3.47. The molecule has 0 amide bonds. The van der Waals surface area contributed by atoms with E-state index in [9.17, 15) is 0 Å². The summed E-state index contributed by atoms with van der Waals surface area (Å²) in [7, 11) is 4.25. The Balaban J connectivity index is 2.00. The number of aryl methyl sites for hydroxylation is 1. The van der Waals surface area contributed by atoms with Crippen molar-refractivity contribution in [2.75, 3.05) is 51.7 Å². The molecule has 3 heteroatoms. The maximum absolute atomic E-state index is 3.40. The number of piperazine rings is 1. The minimum absolute atomic E-state index is 1.13. The highest BCUT2D eigenvalue weighted by atomic mass is 15.2. The molecule has 1 aliphatic rings. The van der Waals surface area contributed by atoms with Crippen molar-refractivity contribution in [2.45, 2.75) is 13.3 Å². The highest BCUT2D eigenvalue weighted by molar-refractivity contribution is 5.54. The van der Waals surface area contributed by atoms with Gasteiger partial charge in [-0.25, -0.2) is 0 Å². The lowest BCUT2D eigenvalue weighted by Crippen LogP contribution is -2.44. The summed E-state index contributed by atoms with van der Waals surface area (Å²) in [6.07, 6.45) is 1.15. The van der Waals surface area contributed by atoms with Crippen LogP contribution in [0.15, 0.2) is 18.2 Å². The number of anilines is 1. The van der Waals surface area contributed by atoms with E-state index in [1.807, 2.05) is 0 Å². The first-order valence-corrected chi connectivity index (χ1v) is 6.87. The fraction of sp³-hybridized carbons (Fsp3) is 0.600. The summed E-state index contributed by atoms with van der Waals surface area (Å²) >= 11 is 0. The Morgan fingerprint density at radius 3 is 2.61 bits per heavy atom. The average Bonchev–Trinajstić information content (AvgIpc) is 2.37. The van der Waals surface area contributed by atoms with Gasteiger partial charge in [0.15, 0.2) is 0 Å². The third-order valence-electron chi connectivity index (χ3n) is 3.62. The Morgan fingerprint density at radius 2 is 1.94 bits per heavy atom. The molecule has 0 unspecified atom stereocenters. The van der Waals surface area contributed by atoms with Gasteiger partial charge in [0, 0.05) is 52.5 Å². The van der Waals surface area contributed by atoms with Gasteiger partial charge in [0.2, 0.25) is 0 Å². The van der Waals surface area contributed by atoms with Crippen LogP contribution in [0.5, 0.6) is 0 Å². The lowest BCUT2D eigenvalue weighted by molar-refractivity contribution is 0.244. The average molecular weight is 247 g/mol. The molecule has 0 bridgehead atoms. The van der Waals surface area contributed by atoms with Gasteiger partial charge < -0.3 is 15.1 Å². The van der Waals surface area contributed by atoms with E-state index in [1.165, 1.54) is 36.4 Å². The van der Waals surface area contributed by atoms with E-state index in [0.29, 0.717) is 0 Å². The lowest BCUT2D eigenvalue weighted by atomic mass is 10.1. The van der Waals surface area contributed by atoms with Crippen LogP contribution in [0.25, 0.3) is 0 Å². The van der Waals surface area contributed by atoms with Gasteiger partial charge in [-0.3, -0.25) is 0 Å². The summed E-state index contributed by atoms with van der Waals surface area (Å²) in [6, 6.07) is 6.77. The molecule has 1 saturated heterocycles. The summed E-state index contributed by atoms with van der Waals surface area (Å²) in [6.45, 7) is 7.98. The van der Waals surface area contributed by atoms with Crippen LogP contribution in [0.1, 0.15) is 11.1 Å². The maximum Gasteiger partial charge on any atom is 0.0394 e. The minimum atomic E-state index is 1.13. The van der Waals surface area contributed by atoms with Crippen molar-refractivity contribution < 1.29 is 0 Å². The molecule has 0 aromatic heterocycles. The Hall–Kier alpha value is -1.06. The summed E-state index contributed by atoms with van der Waals surface area (Å²) in [4.78, 5) is 4.77. The van der Waals surface area contributed by atoms with E-state index in [1.54, 1.807) is 0 Å². The minimum Gasteiger partial charge on any atom is -0.377 e. The van der Waals surface area contributed by atoms with Gasteiger partial charge in [0.25, 0.3) is 0 Å². The molecule has 1 aromatic rings. The van der Waals surface area contributed by atoms with Gasteiger partial charge >= 0.3 is 0 Å². The second kappa shape index (κ2) is 6.21. The normalized spacial score (nSPS) is 16.8. The molecule has 0 atom stereocenters. The van der Waals surface area contributed by atoms with Gasteiger partial charge in [-0.15, -0.1) is 0 Å². The summed E-state index contributed by atoms with van der Waals surface area (Å²) in [5.41, 5.74) is 4.19. The van der Waals surface area contributed by atoms with Crippen LogP contribution in [-0.4, -0.2) is 51.7 Å². The van der Waals surface area contributed by atoms with Gasteiger partial charge in [-0.2, -0.15) is 0 Å². The van der Waals surface area contributed by atoms with Crippen LogP contribution in [0.2, 0.25) is 0 Å². The Labute approximate surface area is 111 Å². The topological polar surface area (TPSA) is 18.5 Å². The molecule has 100 valence electrons. The monoisotopic (exact) mass is 247 g/mol. The van der Waals surface area contributed by atoms with Crippen molar-refractivity contribution >= 4 is 5.69 Å². The second-order valence-electron chi connectivity index (χ2n) is 5.37. The number of benzene rings is 1.